The normalized spacial score (nSPS) is 10.0. The fourth-order valence-corrected chi connectivity index (χ4v) is 2.09. The summed E-state index contributed by atoms with van der Waals surface area (Å²) in [4.78, 5) is 0. The Hall–Kier alpha value is -0.580. The van der Waals surface area contributed by atoms with Crippen LogP contribution in [0.15, 0.2) is 24.3 Å². The minimum absolute atomic E-state index is 0.191. The monoisotopic (exact) mass is 241 g/mol. The first-order valence-electron chi connectivity index (χ1n) is 4.90. The van der Waals surface area contributed by atoms with E-state index in [0.29, 0.717) is 6.42 Å². The first-order chi connectivity index (χ1) is 7.26. The minimum atomic E-state index is 0.191. The Kier molecular flexibility index (Phi) is 5.68. The SMILES string of the molecule is CCSC(=S)Nc1ccc(CCO)cc1. The third-order valence-corrected chi connectivity index (χ3v) is 2.98. The molecule has 0 aromatic heterocycles. The second-order valence-corrected chi connectivity index (χ2v) is 4.96. The van der Waals surface area contributed by atoms with Crippen molar-refractivity contribution in [3.63, 3.8) is 0 Å². The van der Waals surface area contributed by atoms with Gasteiger partial charge in [0.2, 0.25) is 0 Å². The molecule has 0 atom stereocenters. The minimum Gasteiger partial charge on any atom is -0.396 e. The topological polar surface area (TPSA) is 32.3 Å². The van der Waals surface area contributed by atoms with Gasteiger partial charge in [-0.25, -0.2) is 0 Å². The molecule has 0 heterocycles. The quantitative estimate of drug-likeness (QED) is 0.794. The van der Waals surface area contributed by atoms with Gasteiger partial charge in [-0.05, 0) is 29.9 Å². The predicted molar refractivity (Wildman–Crippen MR) is 71.6 cm³/mol. The first-order valence-corrected chi connectivity index (χ1v) is 6.29. The first kappa shape index (κ1) is 12.5. The molecular weight excluding hydrogens is 226 g/mol. The molecule has 4 heteroatoms. The van der Waals surface area contributed by atoms with E-state index in [1.807, 2.05) is 24.3 Å². The molecule has 0 fully saturated rings. The molecule has 15 heavy (non-hydrogen) atoms. The van der Waals surface area contributed by atoms with E-state index in [-0.39, 0.29) is 6.61 Å². The van der Waals surface area contributed by atoms with Crippen LogP contribution in [0.2, 0.25) is 0 Å². The maximum atomic E-state index is 8.76. The molecule has 1 aromatic carbocycles. The van der Waals surface area contributed by atoms with Crippen molar-refractivity contribution in [2.75, 3.05) is 17.7 Å². The number of benzene rings is 1. The van der Waals surface area contributed by atoms with Crippen LogP contribution in [0.5, 0.6) is 0 Å². The predicted octanol–water partition coefficient (Wildman–Crippen LogP) is 2.67. The van der Waals surface area contributed by atoms with Gasteiger partial charge in [-0.1, -0.05) is 43.0 Å². The van der Waals surface area contributed by atoms with E-state index in [2.05, 4.69) is 12.2 Å². The molecule has 0 spiro atoms. The van der Waals surface area contributed by atoms with E-state index in [9.17, 15) is 0 Å². The van der Waals surface area contributed by atoms with Crippen molar-refractivity contribution in [2.45, 2.75) is 13.3 Å². The number of anilines is 1. The highest BCUT2D eigenvalue weighted by Crippen LogP contribution is 2.13. The van der Waals surface area contributed by atoms with Crippen LogP contribution < -0.4 is 5.32 Å². The molecule has 0 saturated heterocycles. The highest BCUT2D eigenvalue weighted by molar-refractivity contribution is 8.23. The fourth-order valence-electron chi connectivity index (χ4n) is 1.17. The average molecular weight is 241 g/mol. The van der Waals surface area contributed by atoms with Crippen molar-refractivity contribution >= 4 is 34.0 Å². The molecule has 0 saturated carbocycles. The van der Waals surface area contributed by atoms with Crippen LogP contribution in [-0.2, 0) is 6.42 Å². The second-order valence-electron chi connectivity index (χ2n) is 3.02. The van der Waals surface area contributed by atoms with E-state index < -0.39 is 0 Å². The molecule has 2 N–H and O–H groups in total. The second kappa shape index (κ2) is 6.82. The van der Waals surface area contributed by atoms with Crippen molar-refractivity contribution in [1.29, 1.82) is 0 Å². The summed E-state index contributed by atoms with van der Waals surface area (Å²) in [6, 6.07) is 7.95. The number of thioether (sulfide) groups is 1. The molecule has 82 valence electrons. The van der Waals surface area contributed by atoms with Gasteiger partial charge in [-0.15, -0.1) is 0 Å². The van der Waals surface area contributed by atoms with Crippen LogP contribution >= 0.6 is 24.0 Å². The summed E-state index contributed by atoms with van der Waals surface area (Å²) in [5.41, 5.74) is 2.14. The number of thiocarbonyl (C=S) groups is 1. The van der Waals surface area contributed by atoms with E-state index >= 15 is 0 Å². The molecular formula is C11H15NOS2. The number of rotatable bonds is 4. The van der Waals surface area contributed by atoms with Gasteiger partial charge in [0.1, 0.15) is 4.32 Å². The molecule has 0 bridgehead atoms. The summed E-state index contributed by atoms with van der Waals surface area (Å²) < 4.78 is 0.799. The van der Waals surface area contributed by atoms with Gasteiger partial charge in [-0.3, -0.25) is 0 Å². The molecule has 1 aromatic rings. The highest BCUT2D eigenvalue weighted by atomic mass is 32.2. The van der Waals surface area contributed by atoms with Crippen LogP contribution in [-0.4, -0.2) is 21.8 Å². The van der Waals surface area contributed by atoms with Gasteiger partial charge < -0.3 is 10.4 Å². The fraction of sp³-hybridized carbons (Fsp3) is 0.364. The lowest BCUT2D eigenvalue weighted by Crippen LogP contribution is -2.04. The molecule has 0 radical (unpaired) electrons. The lowest BCUT2D eigenvalue weighted by molar-refractivity contribution is 0.299. The van der Waals surface area contributed by atoms with E-state index in [1.54, 1.807) is 11.8 Å². The third-order valence-electron chi connectivity index (χ3n) is 1.88. The number of hydrogen-bond acceptors (Lipinski definition) is 3. The maximum Gasteiger partial charge on any atom is 0.138 e. The van der Waals surface area contributed by atoms with Gasteiger partial charge in [0.25, 0.3) is 0 Å². The van der Waals surface area contributed by atoms with Crippen molar-refractivity contribution in [3.8, 4) is 0 Å². The number of aliphatic hydroxyl groups is 1. The Balaban J connectivity index is 2.52. The lowest BCUT2D eigenvalue weighted by Gasteiger charge is -2.06. The number of hydrogen-bond donors (Lipinski definition) is 2. The Bertz CT molecular complexity index is 311. The Labute approximate surface area is 100 Å². The van der Waals surface area contributed by atoms with Crippen LogP contribution in [0.25, 0.3) is 0 Å². The molecule has 2 nitrogen and oxygen atoms in total. The van der Waals surface area contributed by atoms with Gasteiger partial charge in [0, 0.05) is 12.3 Å². The largest absolute Gasteiger partial charge is 0.396 e. The van der Waals surface area contributed by atoms with Crippen LogP contribution in [0.3, 0.4) is 0 Å². The molecule has 0 aliphatic heterocycles. The smallest absolute Gasteiger partial charge is 0.138 e. The highest BCUT2D eigenvalue weighted by Gasteiger charge is 1.97. The van der Waals surface area contributed by atoms with Crippen molar-refractivity contribution in [3.05, 3.63) is 29.8 Å². The maximum absolute atomic E-state index is 8.76. The lowest BCUT2D eigenvalue weighted by atomic mass is 10.1. The average Bonchev–Trinajstić information content (AvgIpc) is 2.22. The zero-order valence-corrected chi connectivity index (χ0v) is 10.3. The molecule has 0 unspecified atom stereocenters. The van der Waals surface area contributed by atoms with Crippen molar-refractivity contribution in [2.24, 2.45) is 0 Å². The summed E-state index contributed by atoms with van der Waals surface area (Å²) in [5, 5.41) is 11.9. The van der Waals surface area contributed by atoms with Crippen LogP contribution in [0, 0.1) is 0 Å². The molecule has 1 rings (SSSR count). The Morgan fingerprint density at radius 2 is 2.07 bits per heavy atom. The zero-order valence-electron chi connectivity index (χ0n) is 8.69. The van der Waals surface area contributed by atoms with Crippen molar-refractivity contribution < 1.29 is 5.11 Å². The Morgan fingerprint density at radius 1 is 1.40 bits per heavy atom. The standard InChI is InChI=1S/C11H15NOS2/c1-2-15-11(14)12-10-5-3-9(4-6-10)7-8-13/h3-6,13H,2,7-8H2,1H3,(H,12,14). The van der Waals surface area contributed by atoms with Crippen LogP contribution in [0.4, 0.5) is 5.69 Å². The Morgan fingerprint density at radius 3 is 2.60 bits per heavy atom. The van der Waals surface area contributed by atoms with Gasteiger partial charge >= 0.3 is 0 Å². The van der Waals surface area contributed by atoms with E-state index in [1.165, 1.54) is 0 Å². The van der Waals surface area contributed by atoms with Crippen LogP contribution in [0.1, 0.15) is 12.5 Å². The van der Waals surface area contributed by atoms with Crippen molar-refractivity contribution in [1.82, 2.24) is 0 Å². The third kappa shape index (κ3) is 4.64. The summed E-state index contributed by atoms with van der Waals surface area (Å²) in [6.07, 6.45) is 0.703. The van der Waals surface area contributed by atoms with E-state index in [4.69, 9.17) is 17.3 Å². The van der Waals surface area contributed by atoms with Gasteiger partial charge in [0.15, 0.2) is 0 Å². The summed E-state index contributed by atoms with van der Waals surface area (Å²) in [6.45, 7) is 2.26. The summed E-state index contributed by atoms with van der Waals surface area (Å²) in [7, 11) is 0. The summed E-state index contributed by atoms with van der Waals surface area (Å²) >= 11 is 6.75. The molecule has 0 amide bonds. The van der Waals surface area contributed by atoms with Gasteiger partial charge in [0.05, 0.1) is 0 Å². The van der Waals surface area contributed by atoms with Gasteiger partial charge in [-0.2, -0.15) is 0 Å². The molecule has 0 aliphatic carbocycles. The van der Waals surface area contributed by atoms with E-state index in [0.717, 1.165) is 21.3 Å². The zero-order chi connectivity index (χ0) is 11.1. The number of nitrogens with one attached hydrogen (secondary N) is 1. The number of aliphatic hydroxyl groups excluding tert-OH is 1. The summed E-state index contributed by atoms with van der Waals surface area (Å²) in [5.74, 6) is 0.981. The molecule has 0 aliphatic rings.